The first kappa shape index (κ1) is 16.3. The number of aromatic nitrogens is 3. The van der Waals surface area contributed by atoms with Crippen LogP contribution in [0.3, 0.4) is 0 Å². The second-order valence-electron chi connectivity index (χ2n) is 6.17. The van der Waals surface area contributed by atoms with Crippen molar-refractivity contribution in [2.24, 2.45) is 16.6 Å². The first-order valence-corrected chi connectivity index (χ1v) is 8.33. The van der Waals surface area contributed by atoms with Crippen LogP contribution in [-0.2, 0) is 13.2 Å². The maximum atomic E-state index is 6.09. The molecule has 2 aromatic rings. The van der Waals surface area contributed by atoms with Crippen LogP contribution < -0.4 is 10.5 Å². The van der Waals surface area contributed by atoms with Gasteiger partial charge in [-0.25, -0.2) is 9.98 Å². The molecule has 0 bridgehead atoms. The number of guanidine groups is 1. The summed E-state index contributed by atoms with van der Waals surface area (Å²) in [5, 5.41) is 7.04. The molecule has 1 saturated heterocycles. The van der Waals surface area contributed by atoms with Crippen LogP contribution in [0.4, 0.5) is 0 Å². The van der Waals surface area contributed by atoms with Gasteiger partial charge in [-0.3, -0.25) is 5.10 Å². The molecule has 3 N–H and O–H groups in total. The second kappa shape index (κ2) is 7.81. The number of benzene rings is 1. The number of piperidine rings is 1. The minimum absolute atomic E-state index is 0.347. The average molecular weight is 328 g/mol. The fraction of sp³-hybridized carbons (Fsp3) is 0.471. The van der Waals surface area contributed by atoms with Crippen molar-refractivity contribution in [1.29, 1.82) is 0 Å². The van der Waals surface area contributed by atoms with Crippen LogP contribution in [0, 0.1) is 5.92 Å². The molecular weight excluding hydrogens is 304 g/mol. The first-order valence-electron chi connectivity index (χ1n) is 8.33. The Kier molecular flexibility index (Phi) is 5.30. The molecule has 7 nitrogen and oxygen atoms in total. The minimum atomic E-state index is 0.347. The van der Waals surface area contributed by atoms with Crippen LogP contribution in [0.5, 0.6) is 5.75 Å². The predicted octanol–water partition coefficient (Wildman–Crippen LogP) is 1.93. The van der Waals surface area contributed by atoms with Crippen molar-refractivity contribution in [3.05, 3.63) is 42.0 Å². The van der Waals surface area contributed by atoms with Gasteiger partial charge in [-0.05, 0) is 30.9 Å². The molecule has 1 fully saturated rings. The molecule has 1 atom stereocenters. The number of nitrogens with two attached hydrogens (primary N) is 1. The van der Waals surface area contributed by atoms with Gasteiger partial charge in [0.05, 0.1) is 0 Å². The van der Waals surface area contributed by atoms with E-state index in [0.717, 1.165) is 18.8 Å². The lowest BCUT2D eigenvalue weighted by molar-refractivity contribution is 0.270. The molecule has 3 rings (SSSR count). The number of H-pyrrole nitrogens is 1. The highest BCUT2D eigenvalue weighted by molar-refractivity contribution is 5.78. The summed E-state index contributed by atoms with van der Waals surface area (Å²) < 4.78 is 5.64. The van der Waals surface area contributed by atoms with E-state index in [-0.39, 0.29) is 0 Å². The summed E-state index contributed by atoms with van der Waals surface area (Å²) in [6.45, 7) is 4.91. The third-order valence-corrected chi connectivity index (χ3v) is 4.06. The highest BCUT2D eigenvalue weighted by atomic mass is 16.5. The van der Waals surface area contributed by atoms with Crippen LogP contribution in [0.2, 0.25) is 0 Å². The summed E-state index contributed by atoms with van der Waals surface area (Å²) in [4.78, 5) is 10.9. The van der Waals surface area contributed by atoms with Gasteiger partial charge in [0.25, 0.3) is 0 Å². The van der Waals surface area contributed by atoms with E-state index in [1.807, 2.05) is 30.3 Å². The molecule has 128 valence electrons. The standard InChI is InChI=1S/C17H24N6O/c1-13-6-5-9-23(11-13)17(18)19-10-15-20-16(22-21-15)12-24-14-7-3-2-4-8-14/h2-4,7-8,13H,5-6,9-12H2,1H3,(H2,18,19)(H,20,21,22). The quantitative estimate of drug-likeness (QED) is 0.646. The van der Waals surface area contributed by atoms with Gasteiger partial charge in [-0.1, -0.05) is 25.1 Å². The number of aromatic amines is 1. The summed E-state index contributed by atoms with van der Waals surface area (Å²) in [5.41, 5.74) is 6.09. The lowest BCUT2D eigenvalue weighted by Gasteiger charge is -2.31. The van der Waals surface area contributed by atoms with Gasteiger partial charge in [-0.15, -0.1) is 0 Å². The Morgan fingerprint density at radius 3 is 3.04 bits per heavy atom. The number of aliphatic imine (C=N–C) groups is 1. The molecule has 2 heterocycles. The van der Waals surface area contributed by atoms with E-state index in [2.05, 4.69) is 32.0 Å². The Bertz CT molecular complexity index is 669. The molecule has 1 unspecified atom stereocenters. The van der Waals surface area contributed by atoms with E-state index in [0.29, 0.717) is 36.7 Å². The molecule has 1 aromatic carbocycles. The van der Waals surface area contributed by atoms with E-state index >= 15 is 0 Å². The molecule has 0 radical (unpaired) electrons. The minimum Gasteiger partial charge on any atom is -0.486 e. The van der Waals surface area contributed by atoms with Gasteiger partial charge in [0.15, 0.2) is 17.6 Å². The van der Waals surface area contributed by atoms with Crippen molar-refractivity contribution in [1.82, 2.24) is 20.1 Å². The first-order chi connectivity index (χ1) is 11.7. The summed E-state index contributed by atoms with van der Waals surface area (Å²) in [5.74, 6) is 3.34. The van der Waals surface area contributed by atoms with Crippen LogP contribution in [0.25, 0.3) is 0 Å². The number of ether oxygens (including phenoxy) is 1. The zero-order valence-corrected chi connectivity index (χ0v) is 14.0. The third-order valence-electron chi connectivity index (χ3n) is 4.06. The van der Waals surface area contributed by atoms with E-state index in [1.165, 1.54) is 12.8 Å². The van der Waals surface area contributed by atoms with Crippen LogP contribution in [0.1, 0.15) is 31.4 Å². The molecule has 0 amide bonds. The second-order valence-corrected chi connectivity index (χ2v) is 6.17. The predicted molar refractivity (Wildman–Crippen MR) is 92.5 cm³/mol. The van der Waals surface area contributed by atoms with Gasteiger partial charge in [0.2, 0.25) is 0 Å². The SMILES string of the molecule is CC1CCCN(C(N)=NCc2n[nH]c(COc3ccccc3)n2)C1. The lowest BCUT2D eigenvalue weighted by atomic mass is 10.0. The van der Waals surface area contributed by atoms with Crippen molar-refractivity contribution in [2.45, 2.75) is 32.9 Å². The van der Waals surface area contributed by atoms with E-state index in [1.54, 1.807) is 0 Å². The normalized spacial score (nSPS) is 18.6. The number of nitrogens with zero attached hydrogens (tertiary/aromatic N) is 4. The molecule has 0 saturated carbocycles. The largest absolute Gasteiger partial charge is 0.486 e. The fourth-order valence-electron chi connectivity index (χ4n) is 2.79. The topological polar surface area (TPSA) is 92.4 Å². The van der Waals surface area contributed by atoms with Gasteiger partial charge < -0.3 is 15.4 Å². The molecule has 1 aliphatic rings. The Labute approximate surface area is 141 Å². The zero-order valence-electron chi connectivity index (χ0n) is 14.0. The number of rotatable bonds is 5. The van der Waals surface area contributed by atoms with Crippen molar-refractivity contribution < 1.29 is 4.74 Å². The number of hydrogen-bond acceptors (Lipinski definition) is 4. The highest BCUT2D eigenvalue weighted by Gasteiger charge is 2.17. The number of hydrogen-bond donors (Lipinski definition) is 2. The third kappa shape index (κ3) is 4.47. The summed E-state index contributed by atoms with van der Waals surface area (Å²) in [6, 6.07) is 9.62. The van der Waals surface area contributed by atoms with Crippen LogP contribution >= 0.6 is 0 Å². The van der Waals surface area contributed by atoms with Gasteiger partial charge in [0, 0.05) is 13.1 Å². The molecule has 0 aliphatic carbocycles. The van der Waals surface area contributed by atoms with Gasteiger partial charge in [-0.2, -0.15) is 5.10 Å². The van der Waals surface area contributed by atoms with E-state index in [4.69, 9.17) is 10.5 Å². The fourth-order valence-corrected chi connectivity index (χ4v) is 2.79. The van der Waals surface area contributed by atoms with Crippen LogP contribution in [-0.4, -0.2) is 39.1 Å². The zero-order chi connectivity index (χ0) is 16.8. The summed E-state index contributed by atoms with van der Waals surface area (Å²) in [6.07, 6.45) is 2.43. The smallest absolute Gasteiger partial charge is 0.191 e. The Hall–Kier alpha value is -2.57. The molecule has 0 spiro atoms. The number of para-hydroxylation sites is 1. The Morgan fingerprint density at radius 1 is 1.42 bits per heavy atom. The summed E-state index contributed by atoms with van der Waals surface area (Å²) >= 11 is 0. The number of likely N-dealkylation sites (tertiary alicyclic amines) is 1. The maximum absolute atomic E-state index is 6.09. The summed E-state index contributed by atoms with van der Waals surface area (Å²) in [7, 11) is 0. The van der Waals surface area contributed by atoms with E-state index in [9.17, 15) is 0 Å². The average Bonchev–Trinajstić information content (AvgIpc) is 3.07. The van der Waals surface area contributed by atoms with Gasteiger partial charge >= 0.3 is 0 Å². The van der Waals surface area contributed by atoms with Crippen molar-refractivity contribution in [2.75, 3.05) is 13.1 Å². The molecule has 1 aliphatic heterocycles. The van der Waals surface area contributed by atoms with Crippen LogP contribution in [0.15, 0.2) is 35.3 Å². The highest BCUT2D eigenvalue weighted by Crippen LogP contribution is 2.15. The van der Waals surface area contributed by atoms with Gasteiger partial charge in [0.1, 0.15) is 18.9 Å². The number of nitrogens with one attached hydrogen (secondary N) is 1. The van der Waals surface area contributed by atoms with Crippen molar-refractivity contribution in [3.63, 3.8) is 0 Å². The molecule has 24 heavy (non-hydrogen) atoms. The van der Waals surface area contributed by atoms with Crippen molar-refractivity contribution >= 4 is 5.96 Å². The molecule has 1 aromatic heterocycles. The van der Waals surface area contributed by atoms with E-state index < -0.39 is 0 Å². The Morgan fingerprint density at radius 2 is 2.25 bits per heavy atom. The molecule has 7 heteroatoms. The van der Waals surface area contributed by atoms with Crippen molar-refractivity contribution in [3.8, 4) is 5.75 Å². The lowest BCUT2D eigenvalue weighted by Crippen LogP contribution is -2.43. The maximum Gasteiger partial charge on any atom is 0.191 e. The monoisotopic (exact) mass is 328 g/mol. The Balaban J connectivity index is 1.51. The molecular formula is C17H24N6O.